The smallest absolute Gasteiger partial charge is 0.213 e. The fraction of sp³-hybridized carbons (Fsp3) is 0.214. The van der Waals surface area contributed by atoms with Crippen LogP contribution >= 0.6 is 0 Å². The van der Waals surface area contributed by atoms with Crippen LogP contribution in [0.2, 0.25) is 0 Å². The lowest BCUT2D eigenvalue weighted by Crippen LogP contribution is -1.99. The van der Waals surface area contributed by atoms with Gasteiger partial charge in [-0.1, -0.05) is 12.1 Å². The van der Waals surface area contributed by atoms with Crippen molar-refractivity contribution in [2.24, 2.45) is 0 Å². The first-order valence-electron chi connectivity index (χ1n) is 5.65. The van der Waals surface area contributed by atoms with Gasteiger partial charge in [0.15, 0.2) is 0 Å². The third kappa shape index (κ3) is 2.43. The molecule has 4 nitrogen and oxygen atoms in total. The van der Waals surface area contributed by atoms with Gasteiger partial charge >= 0.3 is 0 Å². The Balaban J connectivity index is 2.46. The van der Waals surface area contributed by atoms with Gasteiger partial charge in [0, 0.05) is 12.3 Å². The van der Waals surface area contributed by atoms with Crippen molar-refractivity contribution in [3.8, 4) is 17.0 Å². The van der Waals surface area contributed by atoms with Gasteiger partial charge in [-0.2, -0.15) is 0 Å². The van der Waals surface area contributed by atoms with E-state index in [-0.39, 0.29) is 0 Å². The quantitative estimate of drug-likeness (QED) is 0.839. The van der Waals surface area contributed by atoms with Crippen molar-refractivity contribution in [3.63, 3.8) is 0 Å². The number of ether oxygens (including phenoxy) is 1. The number of rotatable bonds is 4. The molecule has 0 saturated carbocycles. The zero-order chi connectivity index (χ0) is 13.0. The van der Waals surface area contributed by atoms with Gasteiger partial charge in [0.1, 0.15) is 0 Å². The van der Waals surface area contributed by atoms with Gasteiger partial charge in [-0.15, -0.1) is 0 Å². The summed E-state index contributed by atoms with van der Waals surface area (Å²) in [5.41, 5.74) is 7.13. The fourth-order valence-corrected chi connectivity index (χ4v) is 1.86. The summed E-state index contributed by atoms with van der Waals surface area (Å²) in [4.78, 5) is 9.07. The van der Waals surface area contributed by atoms with Gasteiger partial charge in [-0.25, -0.2) is 4.98 Å². The minimum atomic E-state index is 0.608. The van der Waals surface area contributed by atoms with E-state index in [1.165, 1.54) is 0 Å². The van der Waals surface area contributed by atoms with Gasteiger partial charge < -0.3 is 4.74 Å². The normalized spacial score (nSPS) is 10.2. The molecule has 1 N–H and O–H groups in total. The molecule has 0 aliphatic heterocycles. The lowest BCUT2D eigenvalue weighted by Gasteiger charge is -2.12. The maximum atomic E-state index is 5.14. The summed E-state index contributed by atoms with van der Waals surface area (Å²) < 4.78 is 5.14. The maximum absolute atomic E-state index is 5.14. The Morgan fingerprint density at radius 3 is 2.72 bits per heavy atom. The first-order chi connectivity index (χ1) is 8.76. The minimum absolute atomic E-state index is 0.608. The summed E-state index contributed by atoms with van der Waals surface area (Å²) in [6.45, 7) is 2.05. The Kier molecular flexibility index (Phi) is 3.79. The van der Waals surface area contributed by atoms with Crippen molar-refractivity contribution in [2.45, 2.75) is 6.92 Å². The highest BCUT2D eigenvalue weighted by Gasteiger charge is 2.07. The average molecular weight is 244 g/mol. The molecule has 0 atom stereocenters. The number of pyridine rings is 1. The molecule has 0 unspecified atom stereocenters. The molecular formula is C14H16N2O2. The Bertz CT molecular complexity index is 541. The Morgan fingerprint density at radius 2 is 2.00 bits per heavy atom. The number of nitrogens with zero attached hydrogens (tertiary/aromatic N) is 1. The number of nitrogens with one attached hydrogen (secondary N) is 1. The lowest BCUT2D eigenvalue weighted by molar-refractivity contribution is 0.271. The minimum Gasteiger partial charge on any atom is -0.481 e. The summed E-state index contributed by atoms with van der Waals surface area (Å²) >= 11 is 0. The van der Waals surface area contributed by atoms with E-state index in [0.717, 1.165) is 22.4 Å². The fourth-order valence-electron chi connectivity index (χ4n) is 1.86. The van der Waals surface area contributed by atoms with Gasteiger partial charge in [0.25, 0.3) is 0 Å². The number of anilines is 1. The van der Waals surface area contributed by atoms with Crippen molar-refractivity contribution in [1.29, 1.82) is 0 Å². The van der Waals surface area contributed by atoms with Crippen LogP contribution in [0.5, 0.6) is 5.88 Å². The molecule has 1 aromatic carbocycles. The number of aromatic nitrogens is 1. The SMILES string of the molecule is CONc1cccc(-c2ccnc(OC)c2)c1C. The Hall–Kier alpha value is -2.07. The van der Waals surface area contributed by atoms with Crippen LogP contribution in [0, 0.1) is 6.92 Å². The molecule has 0 aliphatic rings. The van der Waals surface area contributed by atoms with Gasteiger partial charge in [-0.3, -0.25) is 10.3 Å². The number of hydrogen-bond donors (Lipinski definition) is 1. The van der Waals surface area contributed by atoms with E-state index in [0.29, 0.717) is 5.88 Å². The molecule has 1 heterocycles. The second-order valence-corrected chi connectivity index (χ2v) is 3.87. The van der Waals surface area contributed by atoms with E-state index in [1.54, 1.807) is 20.4 Å². The van der Waals surface area contributed by atoms with E-state index in [4.69, 9.17) is 9.57 Å². The predicted octanol–water partition coefficient (Wildman–Crippen LogP) is 3.04. The molecule has 0 bridgehead atoms. The first kappa shape index (κ1) is 12.4. The van der Waals surface area contributed by atoms with Crippen LogP contribution in [0.25, 0.3) is 11.1 Å². The maximum Gasteiger partial charge on any atom is 0.213 e. The summed E-state index contributed by atoms with van der Waals surface area (Å²) in [5.74, 6) is 0.608. The van der Waals surface area contributed by atoms with Gasteiger partial charge in [0.2, 0.25) is 5.88 Å². The highest BCUT2D eigenvalue weighted by atomic mass is 16.6. The van der Waals surface area contributed by atoms with Crippen molar-refractivity contribution in [1.82, 2.24) is 4.98 Å². The third-order valence-electron chi connectivity index (χ3n) is 2.80. The Morgan fingerprint density at radius 1 is 1.17 bits per heavy atom. The molecule has 0 saturated heterocycles. The topological polar surface area (TPSA) is 43.4 Å². The van der Waals surface area contributed by atoms with Crippen LogP contribution < -0.4 is 10.2 Å². The second kappa shape index (κ2) is 5.51. The average Bonchev–Trinajstić information content (AvgIpc) is 2.41. The zero-order valence-electron chi connectivity index (χ0n) is 10.7. The highest BCUT2D eigenvalue weighted by molar-refractivity contribution is 5.73. The summed E-state index contributed by atoms with van der Waals surface area (Å²) in [7, 11) is 3.21. The van der Waals surface area contributed by atoms with Crippen LogP contribution in [0.15, 0.2) is 36.5 Å². The van der Waals surface area contributed by atoms with E-state index in [2.05, 4.69) is 16.5 Å². The van der Waals surface area contributed by atoms with Crippen molar-refractivity contribution < 1.29 is 9.57 Å². The van der Waals surface area contributed by atoms with Crippen LogP contribution in [0.4, 0.5) is 5.69 Å². The molecule has 1 aromatic heterocycles. The first-order valence-corrected chi connectivity index (χ1v) is 5.65. The molecule has 4 heteroatoms. The summed E-state index contributed by atoms with van der Waals surface area (Å²) in [6.07, 6.45) is 1.74. The van der Waals surface area contributed by atoms with Crippen LogP contribution in [-0.4, -0.2) is 19.2 Å². The van der Waals surface area contributed by atoms with E-state index in [1.807, 2.05) is 31.2 Å². The standard InChI is InChI=1S/C14H16N2O2/c1-10-12(5-4-6-13(10)16-18-3)11-7-8-15-14(9-11)17-2/h4-9,16H,1-3H3. The second-order valence-electron chi connectivity index (χ2n) is 3.87. The number of hydrogen-bond acceptors (Lipinski definition) is 4. The molecule has 18 heavy (non-hydrogen) atoms. The van der Waals surface area contributed by atoms with E-state index in [9.17, 15) is 0 Å². The molecule has 2 rings (SSSR count). The predicted molar refractivity (Wildman–Crippen MR) is 71.6 cm³/mol. The van der Waals surface area contributed by atoms with Crippen LogP contribution in [-0.2, 0) is 4.84 Å². The van der Waals surface area contributed by atoms with E-state index >= 15 is 0 Å². The molecular weight excluding hydrogens is 228 g/mol. The molecule has 2 aromatic rings. The molecule has 0 fully saturated rings. The molecule has 0 amide bonds. The lowest BCUT2D eigenvalue weighted by atomic mass is 10.0. The monoisotopic (exact) mass is 244 g/mol. The van der Waals surface area contributed by atoms with Crippen molar-refractivity contribution >= 4 is 5.69 Å². The Labute approximate surface area is 107 Å². The molecule has 0 spiro atoms. The van der Waals surface area contributed by atoms with Gasteiger partial charge in [0.05, 0.1) is 19.9 Å². The number of methoxy groups -OCH3 is 1. The molecule has 0 aliphatic carbocycles. The molecule has 94 valence electrons. The third-order valence-corrected chi connectivity index (χ3v) is 2.80. The highest BCUT2D eigenvalue weighted by Crippen LogP contribution is 2.29. The van der Waals surface area contributed by atoms with E-state index < -0.39 is 0 Å². The van der Waals surface area contributed by atoms with Crippen LogP contribution in [0.3, 0.4) is 0 Å². The van der Waals surface area contributed by atoms with Crippen molar-refractivity contribution in [2.75, 3.05) is 19.7 Å². The molecule has 0 radical (unpaired) electrons. The summed E-state index contributed by atoms with van der Waals surface area (Å²) in [5, 5.41) is 0. The largest absolute Gasteiger partial charge is 0.481 e. The zero-order valence-corrected chi connectivity index (χ0v) is 10.7. The summed E-state index contributed by atoms with van der Waals surface area (Å²) in [6, 6.07) is 9.89. The number of benzene rings is 1. The van der Waals surface area contributed by atoms with Crippen molar-refractivity contribution in [3.05, 3.63) is 42.1 Å². The van der Waals surface area contributed by atoms with Gasteiger partial charge in [-0.05, 0) is 35.7 Å². The van der Waals surface area contributed by atoms with Crippen LogP contribution in [0.1, 0.15) is 5.56 Å².